The number of thioether (sulfide) groups is 1. The quantitative estimate of drug-likeness (QED) is 0.501. The summed E-state index contributed by atoms with van der Waals surface area (Å²) in [6.07, 6.45) is 2.72. The molecular weight excluding hydrogens is 134 g/mol. The Bertz CT molecular complexity index is 223. The van der Waals surface area contributed by atoms with E-state index in [1.807, 2.05) is 0 Å². The minimum Gasteiger partial charge on any atom is -0.266 e. The average Bonchev–Trinajstić information content (AvgIpc) is 2.35. The van der Waals surface area contributed by atoms with Gasteiger partial charge < -0.3 is 0 Å². The maximum Gasteiger partial charge on any atom is 0.283 e. The molecule has 0 aromatic rings. The van der Waals surface area contributed by atoms with E-state index in [1.54, 1.807) is 18.0 Å². The van der Waals surface area contributed by atoms with E-state index < -0.39 is 0 Å². The number of carbonyl (C=O) groups is 1. The van der Waals surface area contributed by atoms with Crippen LogP contribution in [0.3, 0.4) is 0 Å². The van der Waals surface area contributed by atoms with E-state index in [2.05, 4.69) is 4.99 Å². The SMILES string of the molecule is O=C1N=CC2=C1SCC2. The Kier molecular flexibility index (Phi) is 0.990. The Balaban J connectivity index is 2.44. The van der Waals surface area contributed by atoms with Crippen molar-refractivity contribution in [2.24, 2.45) is 4.99 Å². The van der Waals surface area contributed by atoms with Crippen molar-refractivity contribution >= 4 is 23.9 Å². The van der Waals surface area contributed by atoms with Crippen LogP contribution in [-0.2, 0) is 4.79 Å². The van der Waals surface area contributed by atoms with Gasteiger partial charge in [-0.3, -0.25) is 4.79 Å². The number of hydrogen-bond acceptors (Lipinski definition) is 2. The number of hydrogen-bond donors (Lipinski definition) is 0. The van der Waals surface area contributed by atoms with Crippen molar-refractivity contribution in [3.63, 3.8) is 0 Å². The van der Waals surface area contributed by atoms with E-state index in [0.29, 0.717) is 0 Å². The normalized spacial score (nSPS) is 23.8. The lowest BCUT2D eigenvalue weighted by Gasteiger charge is -1.86. The summed E-state index contributed by atoms with van der Waals surface area (Å²) < 4.78 is 0. The summed E-state index contributed by atoms with van der Waals surface area (Å²) in [5, 5.41) is 0. The number of nitrogens with zero attached hydrogens (tertiary/aromatic N) is 1. The molecule has 0 aliphatic carbocycles. The molecule has 0 aromatic heterocycles. The zero-order valence-electron chi connectivity index (χ0n) is 4.76. The largest absolute Gasteiger partial charge is 0.283 e. The molecule has 0 bridgehead atoms. The average molecular weight is 139 g/mol. The fourth-order valence-corrected chi connectivity index (χ4v) is 2.03. The van der Waals surface area contributed by atoms with Crippen molar-refractivity contribution in [1.82, 2.24) is 0 Å². The molecular formula is C6H5NOS. The summed E-state index contributed by atoms with van der Waals surface area (Å²) in [5.41, 5.74) is 1.14. The number of aliphatic imine (C=N–C) groups is 1. The highest BCUT2D eigenvalue weighted by Crippen LogP contribution is 2.33. The minimum absolute atomic E-state index is 0.0347. The molecule has 46 valence electrons. The van der Waals surface area contributed by atoms with Crippen LogP contribution >= 0.6 is 11.8 Å². The summed E-state index contributed by atoms with van der Waals surface area (Å²) in [7, 11) is 0. The smallest absolute Gasteiger partial charge is 0.266 e. The predicted octanol–water partition coefficient (Wildman–Crippen LogP) is 0.988. The van der Waals surface area contributed by atoms with Crippen LogP contribution in [0, 0.1) is 0 Å². The van der Waals surface area contributed by atoms with Crippen LogP contribution in [0.25, 0.3) is 0 Å². The third-order valence-corrected chi connectivity index (χ3v) is 2.58. The van der Waals surface area contributed by atoms with Crippen molar-refractivity contribution in [2.75, 3.05) is 5.75 Å². The molecule has 2 heterocycles. The Morgan fingerprint density at radius 1 is 1.67 bits per heavy atom. The zero-order valence-corrected chi connectivity index (χ0v) is 5.57. The summed E-state index contributed by atoms with van der Waals surface area (Å²) >= 11 is 1.63. The summed E-state index contributed by atoms with van der Waals surface area (Å²) in [5.74, 6) is 1.02. The van der Waals surface area contributed by atoms with Crippen LogP contribution in [0.1, 0.15) is 6.42 Å². The molecule has 9 heavy (non-hydrogen) atoms. The highest BCUT2D eigenvalue weighted by atomic mass is 32.2. The van der Waals surface area contributed by atoms with Gasteiger partial charge in [-0.1, -0.05) is 0 Å². The van der Waals surface area contributed by atoms with E-state index in [9.17, 15) is 4.79 Å². The first kappa shape index (κ1) is 5.23. The molecule has 0 radical (unpaired) electrons. The standard InChI is InChI=1S/C6H5NOS/c8-6-5-4(3-7-6)1-2-9-5/h3H,1-2H2. The second-order valence-corrected chi connectivity index (χ2v) is 3.12. The van der Waals surface area contributed by atoms with Gasteiger partial charge in [0.2, 0.25) is 0 Å². The van der Waals surface area contributed by atoms with Crippen LogP contribution in [0.4, 0.5) is 0 Å². The van der Waals surface area contributed by atoms with E-state index in [4.69, 9.17) is 0 Å². The number of rotatable bonds is 0. The van der Waals surface area contributed by atoms with Crippen LogP contribution in [-0.4, -0.2) is 17.9 Å². The molecule has 0 spiro atoms. The third-order valence-electron chi connectivity index (χ3n) is 1.44. The predicted molar refractivity (Wildman–Crippen MR) is 37.6 cm³/mol. The Labute approximate surface area is 57.0 Å². The van der Waals surface area contributed by atoms with Crippen LogP contribution < -0.4 is 0 Å². The first-order chi connectivity index (χ1) is 4.38. The molecule has 1 amide bonds. The van der Waals surface area contributed by atoms with Gasteiger partial charge in [-0.15, -0.1) is 11.8 Å². The van der Waals surface area contributed by atoms with Gasteiger partial charge >= 0.3 is 0 Å². The molecule has 2 aliphatic heterocycles. The van der Waals surface area contributed by atoms with Crippen molar-refractivity contribution < 1.29 is 4.79 Å². The zero-order chi connectivity index (χ0) is 6.27. The fourth-order valence-electron chi connectivity index (χ4n) is 0.987. The minimum atomic E-state index is -0.0347. The summed E-state index contributed by atoms with van der Waals surface area (Å²) in [4.78, 5) is 15.3. The Hall–Kier alpha value is -0.570. The second-order valence-electron chi connectivity index (χ2n) is 2.02. The van der Waals surface area contributed by atoms with E-state index in [-0.39, 0.29) is 5.91 Å². The molecule has 2 nitrogen and oxygen atoms in total. The first-order valence-electron chi connectivity index (χ1n) is 2.82. The van der Waals surface area contributed by atoms with Gasteiger partial charge in [0.25, 0.3) is 5.91 Å². The molecule has 0 aromatic carbocycles. The molecule has 3 heteroatoms. The number of amides is 1. The lowest BCUT2D eigenvalue weighted by Crippen LogP contribution is -1.86. The lowest BCUT2D eigenvalue weighted by atomic mass is 10.2. The molecule has 0 unspecified atom stereocenters. The first-order valence-corrected chi connectivity index (χ1v) is 3.81. The second kappa shape index (κ2) is 1.70. The molecule has 0 fully saturated rings. The summed E-state index contributed by atoms with van der Waals surface area (Å²) in [6.45, 7) is 0. The van der Waals surface area contributed by atoms with Gasteiger partial charge in [0, 0.05) is 12.0 Å². The monoisotopic (exact) mass is 139 g/mol. The molecule has 0 saturated carbocycles. The van der Waals surface area contributed by atoms with Crippen molar-refractivity contribution in [3.05, 3.63) is 10.5 Å². The Morgan fingerprint density at radius 3 is 3.33 bits per heavy atom. The van der Waals surface area contributed by atoms with Gasteiger partial charge in [-0.2, -0.15) is 0 Å². The van der Waals surface area contributed by atoms with Crippen molar-refractivity contribution in [2.45, 2.75) is 6.42 Å². The lowest BCUT2D eigenvalue weighted by molar-refractivity contribution is -0.113. The van der Waals surface area contributed by atoms with Gasteiger partial charge in [0.05, 0.1) is 4.91 Å². The fraction of sp³-hybridized carbons (Fsp3) is 0.333. The Morgan fingerprint density at radius 2 is 2.56 bits per heavy atom. The maximum absolute atomic E-state index is 10.8. The maximum atomic E-state index is 10.8. The molecule has 0 N–H and O–H groups in total. The molecule has 0 atom stereocenters. The van der Waals surface area contributed by atoms with Gasteiger partial charge in [-0.05, 0) is 12.0 Å². The molecule has 2 aliphatic rings. The summed E-state index contributed by atoms with van der Waals surface area (Å²) in [6, 6.07) is 0. The molecule has 2 rings (SSSR count). The third kappa shape index (κ3) is 0.645. The number of allylic oxidation sites excluding steroid dienone is 1. The number of carbonyl (C=O) groups excluding carboxylic acids is 1. The van der Waals surface area contributed by atoms with Crippen molar-refractivity contribution in [3.8, 4) is 0 Å². The van der Waals surface area contributed by atoms with Gasteiger partial charge in [0.15, 0.2) is 0 Å². The van der Waals surface area contributed by atoms with E-state index in [1.165, 1.54) is 0 Å². The van der Waals surface area contributed by atoms with Crippen LogP contribution in [0.5, 0.6) is 0 Å². The van der Waals surface area contributed by atoms with Crippen molar-refractivity contribution in [1.29, 1.82) is 0 Å². The molecule has 0 saturated heterocycles. The van der Waals surface area contributed by atoms with Crippen LogP contribution in [0.15, 0.2) is 15.5 Å². The highest BCUT2D eigenvalue weighted by molar-refractivity contribution is 8.04. The topological polar surface area (TPSA) is 29.4 Å². The van der Waals surface area contributed by atoms with E-state index in [0.717, 1.165) is 22.7 Å². The van der Waals surface area contributed by atoms with E-state index >= 15 is 0 Å². The van der Waals surface area contributed by atoms with Gasteiger partial charge in [0.1, 0.15) is 0 Å². The van der Waals surface area contributed by atoms with Gasteiger partial charge in [-0.25, -0.2) is 4.99 Å². The highest BCUT2D eigenvalue weighted by Gasteiger charge is 2.23. The van der Waals surface area contributed by atoms with Crippen LogP contribution in [0.2, 0.25) is 0 Å².